The van der Waals surface area contributed by atoms with Crippen LogP contribution in [0.25, 0.3) is 89.5 Å². The lowest BCUT2D eigenvalue weighted by atomic mass is 10.0. The van der Waals surface area contributed by atoms with Crippen LogP contribution in [0.3, 0.4) is 0 Å². The Labute approximate surface area is 284 Å². The van der Waals surface area contributed by atoms with Crippen LogP contribution in [-0.2, 0) is 0 Å². The molecular formula is C45H29N3O. The van der Waals surface area contributed by atoms with Gasteiger partial charge < -0.3 is 4.42 Å². The SMILES string of the molecule is c1ccc(-c2cccc(-c3nc(-c4ccc(-c5ccc6c(c5)oc5ccccc56)cc4)nc(-c4cccc(-c5ccccc5)c4)n3)c2)cc1. The molecular weight excluding hydrogens is 599 g/mol. The van der Waals surface area contributed by atoms with Crippen LogP contribution in [-0.4, -0.2) is 15.0 Å². The van der Waals surface area contributed by atoms with Gasteiger partial charge in [0, 0.05) is 27.5 Å². The largest absolute Gasteiger partial charge is 0.456 e. The van der Waals surface area contributed by atoms with Crippen molar-refractivity contribution in [2.75, 3.05) is 0 Å². The van der Waals surface area contributed by atoms with Crippen LogP contribution in [0, 0.1) is 0 Å². The first-order valence-electron chi connectivity index (χ1n) is 16.4. The smallest absolute Gasteiger partial charge is 0.164 e. The summed E-state index contributed by atoms with van der Waals surface area (Å²) in [6.07, 6.45) is 0. The van der Waals surface area contributed by atoms with Crippen molar-refractivity contribution < 1.29 is 4.42 Å². The maximum atomic E-state index is 6.16. The molecule has 49 heavy (non-hydrogen) atoms. The molecule has 0 fully saturated rings. The summed E-state index contributed by atoms with van der Waals surface area (Å²) in [6, 6.07) is 60.5. The third-order valence-electron chi connectivity index (χ3n) is 8.95. The van der Waals surface area contributed by atoms with E-state index in [0.717, 1.165) is 72.0 Å². The quantitative estimate of drug-likeness (QED) is 0.184. The molecule has 0 unspecified atom stereocenters. The summed E-state index contributed by atoms with van der Waals surface area (Å²) >= 11 is 0. The average Bonchev–Trinajstić information content (AvgIpc) is 3.57. The van der Waals surface area contributed by atoms with Crippen LogP contribution in [0.2, 0.25) is 0 Å². The number of furan rings is 1. The zero-order valence-electron chi connectivity index (χ0n) is 26.5. The van der Waals surface area contributed by atoms with E-state index < -0.39 is 0 Å². The second kappa shape index (κ2) is 12.2. The van der Waals surface area contributed by atoms with E-state index in [-0.39, 0.29) is 0 Å². The molecule has 0 spiro atoms. The van der Waals surface area contributed by atoms with Crippen LogP contribution < -0.4 is 0 Å². The van der Waals surface area contributed by atoms with Gasteiger partial charge >= 0.3 is 0 Å². The van der Waals surface area contributed by atoms with Crippen molar-refractivity contribution in [3.8, 4) is 67.5 Å². The molecule has 0 saturated heterocycles. The van der Waals surface area contributed by atoms with Crippen molar-refractivity contribution in [3.63, 3.8) is 0 Å². The maximum Gasteiger partial charge on any atom is 0.164 e. The molecule has 2 aromatic heterocycles. The first kappa shape index (κ1) is 28.6. The van der Waals surface area contributed by atoms with Gasteiger partial charge in [0.2, 0.25) is 0 Å². The highest BCUT2D eigenvalue weighted by Crippen LogP contribution is 2.34. The minimum absolute atomic E-state index is 0.620. The van der Waals surface area contributed by atoms with Crippen LogP contribution in [0.4, 0.5) is 0 Å². The summed E-state index contributed by atoms with van der Waals surface area (Å²) in [5.41, 5.74) is 11.2. The fourth-order valence-corrected chi connectivity index (χ4v) is 6.42. The van der Waals surface area contributed by atoms with E-state index in [0.29, 0.717) is 17.5 Å². The Kier molecular flexibility index (Phi) is 7.10. The molecule has 7 aromatic carbocycles. The van der Waals surface area contributed by atoms with Crippen LogP contribution >= 0.6 is 0 Å². The highest BCUT2D eigenvalue weighted by atomic mass is 16.3. The highest BCUT2D eigenvalue weighted by Gasteiger charge is 2.15. The number of para-hydroxylation sites is 1. The van der Waals surface area contributed by atoms with E-state index in [9.17, 15) is 0 Å². The van der Waals surface area contributed by atoms with E-state index in [1.165, 1.54) is 0 Å². The number of rotatable bonds is 6. The van der Waals surface area contributed by atoms with Gasteiger partial charge in [-0.1, -0.05) is 146 Å². The molecule has 2 heterocycles. The molecule has 4 nitrogen and oxygen atoms in total. The summed E-state index contributed by atoms with van der Waals surface area (Å²) in [5.74, 6) is 1.87. The van der Waals surface area contributed by atoms with E-state index in [4.69, 9.17) is 19.4 Å². The predicted molar refractivity (Wildman–Crippen MR) is 200 cm³/mol. The Balaban J connectivity index is 1.13. The molecule has 0 saturated carbocycles. The van der Waals surface area contributed by atoms with Gasteiger partial charge in [0.15, 0.2) is 17.5 Å². The minimum Gasteiger partial charge on any atom is -0.456 e. The second-order valence-electron chi connectivity index (χ2n) is 12.1. The number of nitrogens with zero attached hydrogens (tertiary/aromatic N) is 3. The molecule has 9 rings (SSSR count). The van der Waals surface area contributed by atoms with Gasteiger partial charge in [-0.05, 0) is 63.7 Å². The zero-order valence-corrected chi connectivity index (χ0v) is 26.5. The van der Waals surface area contributed by atoms with Crippen LogP contribution in [0.15, 0.2) is 180 Å². The van der Waals surface area contributed by atoms with Crippen molar-refractivity contribution in [1.82, 2.24) is 15.0 Å². The highest BCUT2D eigenvalue weighted by molar-refractivity contribution is 6.05. The number of fused-ring (bicyclic) bond motifs is 3. The molecule has 0 aliphatic rings. The second-order valence-corrected chi connectivity index (χ2v) is 12.1. The summed E-state index contributed by atoms with van der Waals surface area (Å²) in [6.45, 7) is 0. The molecule has 0 N–H and O–H groups in total. The summed E-state index contributed by atoms with van der Waals surface area (Å²) in [7, 11) is 0. The lowest BCUT2D eigenvalue weighted by Gasteiger charge is -2.11. The standard InChI is InChI=1S/C45H29N3O/c1-3-11-30(12-4-1)34-15-9-17-37(27-34)44-46-43(47-45(48-44)38-18-10-16-35(28-38)31-13-5-2-6-14-31)33-23-21-32(22-24-33)36-25-26-40-39-19-7-8-20-41(39)49-42(40)29-36/h1-29H. The Morgan fingerprint density at radius 1 is 0.265 bits per heavy atom. The topological polar surface area (TPSA) is 51.8 Å². The molecule has 230 valence electrons. The molecule has 0 radical (unpaired) electrons. The third-order valence-corrected chi connectivity index (χ3v) is 8.95. The lowest BCUT2D eigenvalue weighted by Crippen LogP contribution is -2.00. The number of aromatic nitrogens is 3. The van der Waals surface area contributed by atoms with Crippen molar-refractivity contribution >= 4 is 21.9 Å². The van der Waals surface area contributed by atoms with Gasteiger partial charge in [0.25, 0.3) is 0 Å². The van der Waals surface area contributed by atoms with Crippen LogP contribution in [0.1, 0.15) is 0 Å². The van der Waals surface area contributed by atoms with Crippen molar-refractivity contribution in [2.45, 2.75) is 0 Å². The zero-order chi connectivity index (χ0) is 32.6. The van der Waals surface area contributed by atoms with E-state index >= 15 is 0 Å². The summed E-state index contributed by atoms with van der Waals surface area (Å²) in [5, 5.41) is 2.25. The average molecular weight is 628 g/mol. The first-order valence-corrected chi connectivity index (χ1v) is 16.4. The van der Waals surface area contributed by atoms with Gasteiger partial charge in [-0.15, -0.1) is 0 Å². The van der Waals surface area contributed by atoms with Crippen molar-refractivity contribution in [2.24, 2.45) is 0 Å². The van der Waals surface area contributed by atoms with Gasteiger partial charge in [0.1, 0.15) is 11.2 Å². The normalized spacial score (nSPS) is 11.3. The molecule has 0 atom stereocenters. The van der Waals surface area contributed by atoms with E-state index in [1.807, 2.05) is 30.3 Å². The van der Waals surface area contributed by atoms with E-state index in [1.54, 1.807) is 0 Å². The maximum absolute atomic E-state index is 6.16. The Morgan fingerprint density at radius 3 is 1.29 bits per heavy atom. The third kappa shape index (κ3) is 5.56. The summed E-state index contributed by atoms with van der Waals surface area (Å²) < 4.78 is 6.16. The number of hydrogen-bond acceptors (Lipinski definition) is 4. The monoisotopic (exact) mass is 627 g/mol. The Bertz CT molecular complexity index is 2490. The van der Waals surface area contributed by atoms with E-state index in [2.05, 4.69) is 146 Å². The molecule has 4 heteroatoms. The van der Waals surface area contributed by atoms with Crippen molar-refractivity contribution in [1.29, 1.82) is 0 Å². The van der Waals surface area contributed by atoms with Gasteiger partial charge in [-0.3, -0.25) is 0 Å². The minimum atomic E-state index is 0.620. The van der Waals surface area contributed by atoms with Gasteiger partial charge in [0.05, 0.1) is 0 Å². The van der Waals surface area contributed by atoms with Gasteiger partial charge in [-0.2, -0.15) is 0 Å². The summed E-state index contributed by atoms with van der Waals surface area (Å²) in [4.78, 5) is 15.1. The van der Waals surface area contributed by atoms with Gasteiger partial charge in [-0.25, -0.2) is 15.0 Å². The van der Waals surface area contributed by atoms with Crippen LogP contribution in [0.5, 0.6) is 0 Å². The predicted octanol–water partition coefficient (Wildman–Crippen LogP) is 11.8. The number of benzene rings is 7. The van der Waals surface area contributed by atoms with Crippen molar-refractivity contribution in [3.05, 3.63) is 176 Å². The Morgan fingerprint density at radius 2 is 0.673 bits per heavy atom. The molecule has 0 aliphatic carbocycles. The fraction of sp³-hybridized carbons (Fsp3) is 0. The molecule has 0 amide bonds. The lowest BCUT2D eigenvalue weighted by molar-refractivity contribution is 0.669. The number of hydrogen-bond donors (Lipinski definition) is 0. The fourth-order valence-electron chi connectivity index (χ4n) is 6.42. The Hall–Kier alpha value is -6.65. The molecule has 9 aromatic rings. The molecule has 0 aliphatic heterocycles. The molecule has 0 bridgehead atoms. The first-order chi connectivity index (χ1) is 24.2.